The van der Waals surface area contributed by atoms with E-state index in [0.717, 1.165) is 11.8 Å². The first kappa shape index (κ1) is 9.85. The van der Waals surface area contributed by atoms with Crippen molar-refractivity contribution >= 4 is 26.9 Å². The minimum Gasteiger partial charge on any atom is -0.461 e. The molecular formula is C6H10O4S2. The lowest BCUT2D eigenvalue weighted by molar-refractivity contribution is 0.200. The third-order valence-electron chi connectivity index (χ3n) is 1.62. The van der Waals surface area contributed by atoms with Crippen molar-refractivity contribution in [3.05, 3.63) is 0 Å². The van der Waals surface area contributed by atoms with Crippen molar-refractivity contribution in [2.75, 3.05) is 18.6 Å². The zero-order valence-electron chi connectivity index (χ0n) is 6.65. The predicted molar refractivity (Wildman–Crippen MR) is 47.1 cm³/mol. The van der Waals surface area contributed by atoms with Gasteiger partial charge in [-0.25, -0.2) is 13.2 Å². The lowest BCUT2D eigenvalue weighted by atomic mass is 10.4. The van der Waals surface area contributed by atoms with Crippen molar-refractivity contribution in [1.29, 1.82) is 0 Å². The van der Waals surface area contributed by atoms with Gasteiger partial charge >= 0.3 is 5.30 Å². The van der Waals surface area contributed by atoms with E-state index in [9.17, 15) is 13.2 Å². The van der Waals surface area contributed by atoms with Crippen LogP contribution in [0.1, 0.15) is 6.42 Å². The van der Waals surface area contributed by atoms with E-state index in [4.69, 9.17) is 0 Å². The number of ether oxygens (including phenoxy) is 1. The maximum atomic E-state index is 10.9. The number of hydrogen-bond acceptors (Lipinski definition) is 5. The molecule has 0 aromatic rings. The molecule has 0 N–H and O–H groups in total. The Morgan fingerprint density at radius 1 is 1.58 bits per heavy atom. The predicted octanol–water partition coefficient (Wildman–Crippen LogP) is 0.673. The number of methoxy groups -OCH3 is 1. The molecule has 1 heterocycles. The van der Waals surface area contributed by atoms with Gasteiger partial charge in [0.15, 0.2) is 9.84 Å². The van der Waals surface area contributed by atoms with Gasteiger partial charge in [-0.15, -0.1) is 0 Å². The van der Waals surface area contributed by atoms with Crippen LogP contribution in [0.25, 0.3) is 0 Å². The van der Waals surface area contributed by atoms with Gasteiger partial charge in [0.2, 0.25) is 0 Å². The quantitative estimate of drug-likeness (QED) is 0.595. The first-order chi connectivity index (χ1) is 5.53. The van der Waals surface area contributed by atoms with E-state index in [1.54, 1.807) is 0 Å². The molecule has 1 fully saturated rings. The number of rotatable bonds is 1. The Morgan fingerprint density at radius 3 is 2.67 bits per heavy atom. The summed E-state index contributed by atoms with van der Waals surface area (Å²) >= 11 is 0.969. The van der Waals surface area contributed by atoms with Gasteiger partial charge in [-0.3, -0.25) is 0 Å². The fourth-order valence-corrected chi connectivity index (χ4v) is 4.23. The van der Waals surface area contributed by atoms with Crippen molar-refractivity contribution in [2.45, 2.75) is 11.7 Å². The van der Waals surface area contributed by atoms with Gasteiger partial charge in [-0.2, -0.15) is 0 Å². The number of carbonyl (C=O) groups is 1. The lowest BCUT2D eigenvalue weighted by Crippen LogP contribution is -2.09. The molecular weight excluding hydrogens is 200 g/mol. The van der Waals surface area contributed by atoms with Crippen LogP contribution in [0.5, 0.6) is 0 Å². The molecule has 0 radical (unpaired) electrons. The summed E-state index contributed by atoms with van der Waals surface area (Å²) in [6.07, 6.45) is 0.558. The Bertz CT molecular complexity index is 269. The van der Waals surface area contributed by atoms with Crippen LogP contribution < -0.4 is 0 Å². The highest BCUT2D eigenvalue weighted by molar-refractivity contribution is 8.14. The minimum absolute atomic E-state index is 0.104. The van der Waals surface area contributed by atoms with Gasteiger partial charge in [0.25, 0.3) is 0 Å². The van der Waals surface area contributed by atoms with E-state index in [2.05, 4.69) is 4.74 Å². The molecule has 0 amide bonds. The summed E-state index contributed by atoms with van der Waals surface area (Å²) in [7, 11) is -1.59. The van der Waals surface area contributed by atoms with Crippen LogP contribution in [0.2, 0.25) is 0 Å². The Kier molecular flexibility index (Phi) is 3.00. The first-order valence-electron chi connectivity index (χ1n) is 3.48. The molecule has 0 saturated carbocycles. The van der Waals surface area contributed by atoms with Crippen molar-refractivity contribution in [3.63, 3.8) is 0 Å². The molecule has 0 aliphatic carbocycles. The van der Waals surface area contributed by atoms with Gasteiger partial charge in [0.05, 0.1) is 18.6 Å². The lowest BCUT2D eigenvalue weighted by Gasteiger charge is -2.02. The molecule has 70 valence electrons. The molecule has 0 bridgehead atoms. The van der Waals surface area contributed by atoms with Crippen LogP contribution in [-0.4, -0.2) is 37.6 Å². The minimum atomic E-state index is -2.88. The third kappa shape index (κ3) is 2.67. The van der Waals surface area contributed by atoms with E-state index in [1.807, 2.05) is 0 Å². The Labute approximate surface area is 75.6 Å². The van der Waals surface area contributed by atoms with Crippen molar-refractivity contribution < 1.29 is 17.9 Å². The van der Waals surface area contributed by atoms with E-state index in [0.29, 0.717) is 6.42 Å². The maximum Gasteiger partial charge on any atom is 0.367 e. The Balaban J connectivity index is 2.43. The number of sulfone groups is 1. The summed E-state index contributed by atoms with van der Waals surface area (Å²) in [6, 6.07) is 0. The first-order valence-corrected chi connectivity index (χ1v) is 6.18. The second-order valence-corrected chi connectivity index (χ2v) is 6.06. The molecule has 1 saturated heterocycles. The van der Waals surface area contributed by atoms with Gasteiger partial charge in [-0.1, -0.05) is 0 Å². The summed E-state index contributed by atoms with van der Waals surface area (Å²) in [5.74, 6) is 0.300. The molecule has 1 unspecified atom stereocenters. The summed E-state index contributed by atoms with van der Waals surface area (Å²) in [5.41, 5.74) is 0. The summed E-state index contributed by atoms with van der Waals surface area (Å²) in [6.45, 7) is 0. The van der Waals surface area contributed by atoms with E-state index in [1.165, 1.54) is 7.11 Å². The molecule has 1 rings (SSSR count). The monoisotopic (exact) mass is 210 g/mol. The van der Waals surface area contributed by atoms with Gasteiger partial charge in [0.1, 0.15) is 0 Å². The summed E-state index contributed by atoms with van der Waals surface area (Å²) in [5, 5.41) is -0.514. The van der Waals surface area contributed by atoms with Gasteiger partial charge < -0.3 is 4.74 Å². The van der Waals surface area contributed by atoms with Crippen LogP contribution in [0.15, 0.2) is 0 Å². The molecule has 0 aromatic carbocycles. The summed E-state index contributed by atoms with van der Waals surface area (Å²) < 4.78 is 26.3. The second kappa shape index (κ2) is 3.66. The van der Waals surface area contributed by atoms with E-state index in [-0.39, 0.29) is 16.8 Å². The number of hydrogen-bond donors (Lipinski definition) is 0. The fraction of sp³-hybridized carbons (Fsp3) is 0.833. The maximum absolute atomic E-state index is 10.9. The highest BCUT2D eigenvalue weighted by Gasteiger charge is 2.30. The SMILES string of the molecule is COC(=O)SC1CCS(=O)(=O)C1. The largest absolute Gasteiger partial charge is 0.461 e. The molecule has 1 atom stereocenters. The van der Waals surface area contributed by atoms with Crippen LogP contribution in [0.3, 0.4) is 0 Å². The average Bonchev–Trinajstić information content (AvgIpc) is 2.30. The fourth-order valence-electron chi connectivity index (χ4n) is 1.04. The van der Waals surface area contributed by atoms with Crippen LogP contribution in [0, 0.1) is 0 Å². The van der Waals surface area contributed by atoms with Gasteiger partial charge in [-0.05, 0) is 18.2 Å². The smallest absolute Gasteiger partial charge is 0.367 e. The molecule has 1 aliphatic heterocycles. The molecule has 12 heavy (non-hydrogen) atoms. The Morgan fingerprint density at radius 2 is 2.25 bits per heavy atom. The second-order valence-electron chi connectivity index (χ2n) is 2.60. The van der Waals surface area contributed by atoms with Crippen LogP contribution in [0.4, 0.5) is 4.79 Å². The molecule has 6 heteroatoms. The molecule has 1 aliphatic rings. The molecule has 0 aromatic heterocycles. The standard InChI is InChI=1S/C6H10O4S2/c1-10-6(7)11-5-2-3-12(8,9)4-5/h5H,2-4H2,1H3. The third-order valence-corrected chi connectivity index (χ3v) is 4.69. The highest BCUT2D eigenvalue weighted by atomic mass is 32.2. The highest BCUT2D eigenvalue weighted by Crippen LogP contribution is 2.25. The van der Waals surface area contributed by atoms with Crippen molar-refractivity contribution in [3.8, 4) is 0 Å². The van der Waals surface area contributed by atoms with Crippen LogP contribution in [-0.2, 0) is 14.6 Å². The van der Waals surface area contributed by atoms with Crippen molar-refractivity contribution in [1.82, 2.24) is 0 Å². The van der Waals surface area contributed by atoms with E-state index < -0.39 is 15.1 Å². The topological polar surface area (TPSA) is 60.4 Å². The average molecular weight is 210 g/mol. The molecule has 4 nitrogen and oxygen atoms in total. The normalized spacial score (nSPS) is 26.9. The number of thioether (sulfide) groups is 1. The van der Waals surface area contributed by atoms with Crippen molar-refractivity contribution in [2.24, 2.45) is 0 Å². The zero-order chi connectivity index (χ0) is 9.19. The molecule has 0 spiro atoms. The summed E-state index contributed by atoms with van der Waals surface area (Å²) in [4.78, 5) is 10.7. The zero-order valence-corrected chi connectivity index (χ0v) is 8.28. The van der Waals surface area contributed by atoms with E-state index >= 15 is 0 Å². The Hall–Kier alpha value is -0.230. The number of carbonyl (C=O) groups excluding carboxylic acids is 1. The van der Waals surface area contributed by atoms with Crippen LogP contribution >= 0.6 is 11.8 Å². The van der Waals surface area contributed by atoms with Gasteiger partial charge in [0, 0.05) is 5.25 Å².